The molecule has 2 aromatic heterocycles. The van der Waals surface area contributed by atoms with Crippen molar-refractivity contribution in [3.8, 4) is 22.6 Å². The van der Waals surface area contributed by atoms with Crippen LogP contribution in [0.5, 0.6) is 0 Å². The number of nitrogens with one attached hydrogen (secondary N) is 2. The third-order valence-corrected chi connectivity index (χ3v) is 6.34. The predicted molar refractivity (Wildman–Crippen MR) is 126 cm³/mol. The van der Waals surface area contributed by atoms with Gasteiger partial charge < -0.3 is 20.5 Å². The first kappa shape index (κ1) is 21.1. The van der Waals surface area contributed by atoms with Crippen LogP contribution in [0.2, 0.25) is 0 Å². The first-order valence-corrected chi connectivity index (χ1v) is 11.5. The topological polar surface area (TPSA) is 117 Å². The van der Waals surface area contributed by atoms with Crippen LogP contribution in [0.15, 0.2) is 58.4 Å². The molecule has 33 heavy (non-hydrogen) atoms. The lowest BCUT2D eigenvalue weighted by atomic mass is 10.1. The standard InChI is InChI=1S/C23H22FN7OS/c24-16-4-1-3-15(11-16)19-13-33-23(28-19)27-17-8-6-14(7-9-17)21-29-20(32-30-21)12-18-5-2-10-31(18)22(25)26/h1,3-4,6-9,11,13,18H,2,5,10,12H2,(H3,25,26)(H,27,28)/t18-/m0/s1. The molecule has 4 aromatic rings. The Morgan fingerprint density at radius 1 is 1.21 bits per heavy atom. The van der Waals surface area contributed by atoms with Crippen LogP contribution in [0.25, 0.3) is 22.6 Å². The van der Waals surface area contributed by atoms with Gasteiger partial charge in [0, 0.05) is 41.2 Å². The van der Waals surface area contributed by atoms with Gasteiger partial charge >= 0.3 is 0 Å². The molecule has 0 radical (unpaired) electrons. The summed E-state index contributed by atoms with van der Waals surface area (Å²) in [5, 5.41) is 17.7. The summed E-state index contributed by atoms with van der Waals surface area (Å²) in [6.07, 6.45) is 2.53. The number of halogens is 1. The monoisotopic (exact) mass is 463 g/mol. The van der Waals surface area contributed by atoms with Crippen LogP contribution in [0, 0.1) is 11.2 Å². The Morgan fingerprint density at radius 3 is 2.85 bits per heavy atom. The molecule has 0 aliphatic carbocycles. The zero-order valence-corrected chi connectivity index (χ0v) is 18.5. The Balaban J connectivity index is 1.24. The number of rotatable bonds is 6. The van der Waals surface area contributed by atoms with Crippen LogP contribution < -0.4 is 11.1 Å². The number of hydrogen-bond acceptors (Lipinski definition) is 7. The quantitative estimate of drug-likeness (QED) is 0.282. The molecule has 0 amide bonds. The van der Waals surface area contributed by atoms with E-state index in [1.165, 1.54) is 23.5 Å². The van der Waals surface area contributed by atoms with Crippen LogP contribution in [-0.4, -0.2) is 38.6 Å². The summed E-state index contributed by atoms with van der Waals surface area (Å²) in [5.74, 6) is 0.864. The Kier molecular flexibility index (Phi) is 5.74. The summed E-state index contributed by atoms with van der Waals surface area (Å²) in [6.45, 7) is 0.790. The fraction of sp³-hybridized carbons (Fsp3) is 0.217. The summed E-state index contributed by atoms with van der Waals surface area (Å²) < 4.78 is 18.9. The molecular weight excluding hydrogens is 441 g/mol. The molecule has 3 heterocycles. The van der Waals surface area contributed by atoms with Gasteiger partial charge in [-0.1, -0.05) is 17.3 Å². The van der Waals surface area contributed by atoms with Crippen LogP contribution in [0.3, 0.4) is 0 Å². The molecule has 0 spiro atoms. The van der Waals surface area contributed by atoms with Gasteiger partial charge in [-0.15, -0.1) is 11.3 Å². The van der Waals surface area contributed by atoms with Crippen LogP contribution >= 0.6 is 11.3 Å². The minimum Gasteiger partial charge on any atom is -0.370 e. The minimum atomic E-state index is -0.283. The number of nitrogens with zero attached hydrogens (tertiary/aromatic N) is 4. The van der Waals surface area contributed by atoms with E-state index in [4.69, 9.17) is 15.7 Å². The van der Waals surface area contributed by atoms with Crippen molar-refractivity contribution >= 4 is 28.1 Å². The Morgan fingerprint density at radius 2 is 2.06 bits per heavy atom. The summed E-state index contributed by atoms with van der Waals surface area (Å²) in [4.78, 5) is 10.9. The highest BCUT2D eigenvalue weighted by atomic mass is 32.1. The molecule has 2 aromatic carbocycles. The summed E-state index contributed by atoms with van der Waals surface area (Å²) in [5.41, 5.74) is 8.83. The highest BCUT2D eigenvalue weighted by Gasteiger charge is 2.27. The number of aromatic nitrogens is 3. The molecule has 10 heteroatoms. The van der Waals surface area contributed by atoms with Crippen molar-refractivity contribution in [3.63, 3.8) is 0 Å². The van der Waals surface area contributed by atoms with Gasteiger partial charge in [-0.2, -0.15) is 4.98 Å². The molecule has 1 atom stereocenters. The molecule has 8 nitrogen and oxygen atoms in total. The van der Waals surface area contributed by atoms with E-state index in [0.29, 0.717) is 18.1 Å². The zero-order chi connectivity index (χ0) is 22.8. The number of anilines is 2. The minimum absolute atomic E-state index is 0.0867. The van der Waals surface area contributed by atoms with Gasteiger partial charge in [-0.3, -0.25) is 5.41 Å². The largest absolute Gasteiger partial charge is 0.370 e. The second kappa shape index (κ2) is 8.99. The molecule has 0 bridgehead atoms. The van der Waals surface area contributed by atoms with Crippen molar-refractivity contribution in [2.75, 3.05) is 11.9 Å². The molecule has 1 saturated heterocycles. The fourth-order valence-electron chi connectivity index (χ4n) is 3.96. The van der Waals surface area contributed by atoms with Crippen LogP contribution in [-0.2, 0) is 6.42 Å². The van der Waals surface area contributed by atoms with Gasteiger partial charge in [-0.25, -0.2) is 9.37 Å². The van der Waals surface area contributed by atoms with E-state index >= 15 is 0 Å². The van der Waals surface area contributed by atoms with Crippen LogP contribution in [0.4, 0.5) is 15.2 Å². The van der Waals surface area contributed by atoms with E-state index in [1.54, 1.807) is 6.07 Å². The SMILES string of the molecule is N=C(N)N1CCC[C@H]1Cc1nc(-c2ccc(Nc3nc(-c4cccc(F)c4)cs3)cc2)no1. The van der Waals surface area contributed by atoms with Gasteiger partial charge in [0.25, 0.3) is 0 Å². The molecular formula is C23H22FN7OS. The van der Waals surface area contributed by atoms with E-state index in [9.17, 15) is 4.39 Å². The zero-order valence-electron chi connectivity index (χ0n) is 17.7. The Hall–Kier alpha value is -3.79. The molecule has 4 N–H and O–H groups in total. The molecule has 168 valence electrons. The van der Waals surface area contributed by atoms with Crippen molar-refractivity contribution in [2.45, 2.75) is 25.3 Å². The van der Waals surface area contributed by atoms with E-state index < -0.39 is 0 Å². The van der Waals surface area contributed by atoms with Gasteiger partial charge in [0.15, 0.2) is 11.1 Å². The number of likely N-dealkylation sites (tertiary alicyclic amines) is 1. The maximum atomic E-state index is 13.5. The molecule has 0 saturated carbocycles. The fourth-order valence-corrected chi connectivity index (χ4v) is 4.70. The summed E-state index contributed by atoms with van der Waals surface area (Å²) in [6, 6.07) is 14.2. The summed E-state index contributed by atoms with van der Waals surface area (Å²) >= 11 is 1.45. The molecule has 1 aliphatic rings. The predicted octanol–water partition coefficient (Wildman–Crippen LogP) is 4.64. The highest BCUT2D eigenvalue weighted by Crippen LogP contribution is 2.28. The molecule has 5 rings (SSSR count). The first-order valence-electron chi connectivity index (χ1n) is 10.6. The number of guanidine groups is 1. The van der Waals surface area contributed by atoms with E-state index in [0.717, 1.165) is 47.0 Å². The number of hydrogen-bond donors (Lipinski definition) is 3. The number of nitrogens with two attached hydrogens (primary N) is 1. The second-order valence-corrected chi connectivity index (χ2v) is 8.70. The number of thiazole rings is 1. The third kappa shape index (κ3) is 4.70. The molecule has 1 aliphatic heterocycles. The van der Waals surface area contributed by atoms with Crippen molar-refractivity contribution in [3.05, 3.63) is 65.6 Å². The highest BCUT2D eigenvalue weighted by molar-refractivity contribution is 7.14. The normalized spacial score (nSPS) is 15.7. The Labute approximate surface area is 193 Å². The maximum absolute atomic E-state index is 13.5. The average Bonchev–Trinajstić information content (AvgIpc) is 3.56. The lowest BCUT2D eigenvalue weighted by molar-refractivity contribution is 0.320. The summed E-state index contributed by atoms with van der Waals surface area (Å²) in [7, 11) is 0. The van der Waals surface area contributed by atoms with Gasteiger partial charge in [0.1, 0.15) is 5.82 Å². The van der Waals surface area contributed by atoms with Gasteiger partial charge in [0.05, 0.1) is 5.69 Å². The number of benzene rings is 2. The Bertz CT molecular complexity index is 1270. The lowest BCUT2D eigenvalue weighted by Crippen LogP contribution is -2.41. The lowest BCUT2D eigenvalue weighted by Gasteiger charge is -2.23. The van der Waals surface area contributed by atoms with E-state index in [2.05, 4.69) is 20.4 Å². The first-order chi connectivity index (χ1) is 16.0. The van der Waals surface area contributed by atoms with Gasteiger partial charge in [0.2, 0.25) is 11.7 Å². The van der Waals surface area contributed by atoms with Crippen molar-refractivity contribution < 1.29 is 8.91 Å². The van der Waals surface area contributed by atoms with Crippen LogP contribution in [0.1, 0.15) is 18.7 Å². The smallest absolute Gasteiger partial charge is 0.229 e. The molecule has 0 unspecified atom stereocenters. The second-order valence-electron chi connectivity index (χ2n) is 7.84. The van der Waals surface area contributed by atoms with Gasteiger partial charge in [-0.05, 0) is 49.2 Å². The molecule has 1 fully saturated rings. The maximum Gasteiger partial charge on any atom is 0.229 e. The van der Waals surface area contributed by atoms with E-state index in [1.807, 2.05) is 40.6 Å². The third-order valence-electron chi connectivity index (χ3n) is 5.58. The van der Waals surface area contributed by atoms with E-state index in [-0.39, 0.29) is 17.8 Å². The van der Waals surface area contributed by atoms with Crippen molar-refractivity contribution in [1.82, 2.24) is 20.0 Å². The van der Waals surface area contributed by atoms with Crippen molar-refractivity contribution in [1.29, 1.82) is 5.41 Å². The van der Waals surface area contributed by atoms with Crippen molar-refractivity contribution in [2.24, 2.45) is 5.73 Å². The average molecular weight is 464 g/mol.